The first kappa shape index (κ1) is 22.6. The zero-order valence-corrected chi connectivity index (χ0v) is 18.5. The lowest BCUT2D eigenvalue weighted by molar-refractivity contribution is -0.139. The van der Waals surface area contributed by atoms with E-state index in [2.05, 4.69) is 4.90 Å². The van der Waals surface area contributed by atoms with E-state index in [4.69, 9.17) is 16.3 Å². The van der Waals surface area contributed by atoms with Gasteiger partial charge in [0.2, 0.25) is 0 Å². The topological polar surface area (TPSA) is 49.9 Å². The maximum absolute atomic E-state index is 13.2. The number of thioether (sulfide) groups is 1. The quantitative estimate of drug-likeness (QED) is 0.490. The molecule has 0 aromatic heterocycles. The van der Waals surface area contributed by atoms with Crippen molar-refractivity contribution in [1.82, 2.24) is 9.80 Å². The van der Waals surface area contributed by atoms with Crippen LogP contribution in [0.5, 0.6) is 0 Å². The fourth-order valence-electron chi connectivity index (χ4n) is 3.32. The number of ether oxygens (including phenoxy) is 1. The van der Waals surface area contributed by atoms with Gasteiger partial charge in [-0.05, 0) is 36.8 Å². The number of benzene rings is 2. The molecule has 5 nitrogen and oxygen atoms in total. The van der Waals surface area contributed by atoms with E-state index in [1.165, 1.54) is 31.0 Å². The van der Waals surface area contributed by atoms with Crippen LogP contribution in [-0.4, -0.2) is 60.2 Å². The Balaban J connectivity index is 1.62. The second kappa shape index (κ2) is 10.3. The lowest BCUT2D eigenvalue weighted by Gasteiger charge is -2.35. The minimum Gasteiger partial charge on any atom is -0.468 e. The van der Waals surface area contributed by atoms with Crippen molar-refractivity contribution in [3.05, 3.63) is 64.4 Å². The summed E-state index contributed by atoms with van der Waals surface area (Å²) in [5, 5.41) is 0.0143. The van der Waals surface area contributed by atoms with E-state index in [1.54, 1.807) is 19.1 Å². The number of hydrogen-bond donors (Lipinski definition) is 0. The number of carbonyl (C=O) groups excluding carboxylic acids is 2. The second-order valence-electron chi connectivity index (χ2n) is 7.08. The van der Waals surface area contributed by atoms with E-state index in [0.29, 0.717) is 43.3 Å². The highest BCUT2D eigenvalue weighted by molar-refractivity contribution is 8.00. The number of rotatable bonds is 6. The van der Waals surface area contributed by atoms with Crippen LogP contribution in [0.25, 0.3) is 0 Å². The number of esters is 1. The van der Waals surface area contributed by atoms with E-state index in [0.717, 1.165) is 10.5 Å². The smallest absolute Gasteiger partial charge is 0.318 e. The summed E-state index contributed by atoms with van der Waals surface area (Å²) >= 11 is 7.46. The van der Waals surface area contributed by atoms with Crippen LogP contribution in [-0.2, 0) is 16.1 Å². The van der Waals surface area contributed by atoms with Crippen LogP contribution in [0, 0.1) is 5.82 Å². The van der Waals surface area contributed by atoms with Crippen LogP contribution in [0.1, 0.15) is 22.8 Å². The molecule has 3 rings (SSSR count). The van der Waals surface area contributed by atoms with Gasteiger partial charge in [0.25, 0.3) is 5.91 Å². The average molecular weight is 451 g/mol. The molecule has 0 spiro atoms. The first-order valence-corrected chi connectivity index (χ1v) is 10.9. The number of piperazine rings is 1. The van der Waals surface area contributed by atoms with Crippen molar-refractivity contribution in [3.8, 4) is 0 Å². The van der Waals surface area contributed by atoms with Crippen LogP contribution in [0.15, 0.2) is 47.4 Å². The summed E-state index contributed by atoms with van der Waals surface area (Å²) in [4.78, 5) is 29.7. The third-order valence-electron chi connectivity index (χ3n) is 5.02. The standard InChI is InChI=1S/C22H24ClFN2O3S/c1-15(22(28)29-2)30-20-6-4-3-5-18(20)21(27)26-11-9-25(10-12-26)14-16-7-8-17(24)13-19(16)23/h3-8,13,15H,9-12,14H2,1-2H3. The van der Waals surface area contributed by atoms with Gasteiger partial charge in [0.1, 0.15) is 11.1 Å². The summed E-state index contributed by atoms with van der Waals surface area (Å²) in [6, 6.07) is 11.8. The Kier molecular flexibility index (Phi) is 7.75. The Morgan fingerprint density at radius 3 is 2.53 bits per heavy atom. The van der Waals surface area contributed by atoms with E-state index >= 15 is 0 Å². The molecule has 0 aliphatic carbocycles. The lowest BCUT2D eigenvalue weighted by Crippen LogP contribution is -2.48. The van der Waals surface area contributed by atoms with Crippen molar-refractivity contribution >= 4 is 35.2 Å². The predicted octanol–water partition coefficient (Wildman–Crippen LogP) is 4.09. The van der Waals surface area contributed by atoms with Crippen molar-refractivity contribution in [2.45, 2.75) is 23.6 Å². The van der Waals surface area contributed by atoms with Crippen molar-refractivity contribution < 1.29 is 18.7 Å². The third kappa shape index (κ3) is 5.53. The summed E-state index contributed by atoms with van der Waals surface area (Å²) in [6.45, 7) is 4.95. The van der Waals surface area contributed by atoms with Crippen molar-refractivity contribution in [3.63, 3.8) is 0 Å². The molecule has 1 unspecified atom stereocenters. The summed E-state index contributed by atoms with van der Waals surface area (Å²) in [5.41, 5.74) is 1.46. The molecule has 1 fully saturated rings. The summed E-state index contributed by atoms with van der Waals surface area (Å²) in [6.07, 6.45) is 0. The van der Waals surface area contributed by atoms with Gasteiger partial charge in [-0.1, -0.05) is 29.8 Å². The molecule has 0 radical (unpaired) electrons. The Morgan fingerprint density at radius 1 is 1.17 bits per heavy atom. The normalized spacial score (nSPS) is 15.7. The first-order chi connectivity index (χ1) is 14.4. The Bertz CT molecular complexity index is 919. The molecule has 1 heterocycles. The van der Waals surface area contributed by atoms with E-state index < -0.39 is 5.25 Å². The third-order valence-corrected chi connectivity index (χ3v) is 6.53. The van der Waals surface area contributed by atoms with Crippen LogP contribution < -0.4 is 0 Å². The van der Waals surface area contributed by atoms with Crippen molar-refractivity contribution in [2.75, 3.05) is 33.3 Å². The van der Waals surface area contributed by atoms with E-state index in [-0.39, 0.29) is 17.7 Å². The van der Waals surface area contributed by atoms with Gasteiger partial charge in [-0.25, -0.2) is 4.39 Å². The molecule has 1 amide bonds. The summed E-state index contributed by atoms with van der Waals surface area (Å²) in [7, 11) is 1.36. The van der Waals surface area contributed by atoms with Crippen LogP contribution >= 0.6 is 23.4 Å². The molecule has 160 valence electrons. The van der Waals surface area contributed by atoms with Gasteiger partial charge in [0.05, 0.1) is 12.7 Å². The molecule has 2 aromatic carbocycles. The molecular formula is C22H24ClFN2O3S. The van der Waals surface area contributed by atoms with Crippen molar-refractivity contribution in [1.29, 1.82) is 0 Å². The molecule has 1 saturated heterocycles. The van der Waals surface area contributed by atoms with Gasteiger partial charge in [-0.2, -0.15) is 0 Å². The Labute approximate surface area is 185 Å². The molecule has 1 aliphatic heterocycles. The monoisotopic (exact) mass is 450 g/mol. The minimum absolute atomic E-state index is 0.0466. The first-order valence-electron chi connectivity index (χ1n) is 9.68. The molecule has 8 heteroatoms. The Morgan fingerprint density at radius 2 is 1.87 bits per heavy atom. The van der Waals surface area contributed by atoms with Crippen LogP contribution in [0.4, 0.5) is 4.39 Å². The Hall–Kier alpha value is -2.09. The highest BCUT2D eigenvalue weighted by Crippen LogP contribution is 2.29. The van der Waals surface area contributed by atoms with E-state index in [9.17, 15) is 14.0 Å². The van der Waals surface area contributed by atoms with Gasteiger partial charge in [-0.15, -0.1) is 11.8 Å². The SMILES string of the molecule is COC(=O)C(C)Sc1ccccc1C(=O)N1CCN(Cc2ccc(F)cc2Cl)CC1. The largest absolute Gasteiger partial charge is 0.468 e. The molecule has 30 heavy (non-hydrogen) atoms. The lowest BCUT2D eigenvalue weighted by atomic mass is 10.1. The fraction of sp³-hybridized carbons (Fsp3) is 0.364. The number of halogens is 2. The van der Waals surface area contributed by atoms with Gasteiger partial charge in [0.15, 0.2) is 0 Å². The molecule has 0 bridgehead atoms. The molecule has 1 aliphatic rings. The molecule has 0 saturated carbocycles. The van der Waals surface area contributed by atoms with Gasteiger partial charge >= 0.3 is 5.97 Å². The molecular weight excluding hydrogens is 427 g/mol. The fourth-order valence-corrected chi connectivity index (χ4v) is 4.56. The maximum atomic E-state index is 13.2. The maximum Gasteiger partial charge on any atom is 0.318 e. The summed E-state index contributed by atoms with van der Waals surface area (Å²) in [5.74, 6) is -0.720. The molecule has 0 N–H and O–H groups in total. The van der Waals surface area contributed by atoms with Crippen molar-refractivity contribution in [2.24, 2.45) is 0 Å². The number of carbonyl (C=O) groups is 2. The highest BCUT2D eigenvalue weighted by atomic mass is 35.5. The van der Waals surface area contributed by atoms with Crippen LogP contribution in [0.3, 0.4) is 0 Å². The van der Waals surface area contributed by atoms with E-state index in [1.807, 2.05) is 23.1 Å². The zero-order chi connectivity index (χ0) is 21.7. The second-order valence-corrected chi connectivity index (χ2v) is 8.87. The number of hydrogen-bond acceptors (Lipinski definition) is 5. The minimum atomic E-state index is -0.402. The molecule has 1 atom stereocenters. The number of methoxy groups -OCH3 is 1. The number of nitrogens with zero attached hydrogens (tertiary/aromatic N) is 2. The van der Waals surface area contributed by atoms with Gasteiger partial charge < -0.3 is 9.64 Å². The predicted molar refractivity (Wildman–Crippen MR) is 116 cm³/mol. The van der Waals surface area contributed by atoms with Crippen LogP contribution in [0.2, 0.25) is 5.02 Å². The average Bonchev–Trinajstić information content (AvgIpc) is 2.75. The summed E-state index contributed by atoms with van der Waals surface area (Å²) < 4.78 is 18.0. The van der Waals surface area contributed by atoms with Gasteiger partial charge in [0, 0.05) is 42.6 Å². The zero-order valence-electron chi connectivity index (χ0n) is 16.9. The van der Waals surface area contributed by atoms with Gasteiger partial charge in [-0.3, -0.25) is 14.5 Å². The molecule has 2 aromatic rings. The highest BCUT2D eigenvalue weighted by Gasteiger charge is 2.25. The number of amides is 1.